The summed E-state index contributed by atoms with van der Waals surface area (Å²) >= 11 is 0. The molecule has 6 nitrogen and oxygen atoms in total. The van der Waals surface area contributed by atoms with Gasteiger partial charge in [-0.1, -0.05) is 6.08 Å². The third kappa shape index (κ3) is 3.25. The van der Waals surface area contributed by atoms with Gasteiger partial charge in [0.1, 0.15) is 11.6 Å². The number of esters is 1. The van der Waals surface area contributed by atoms with Gasteiger partial charge in [0.15, 0.2) is 5.78 Å². The van der Waals surface area contributed by atoms with E-state index >= 15 is 0 Å². The number of fused-ring (bicyclic) bond motifs is 1. The highest BCUT2D eigenvalue weighted by molar-refractivity contribution is 5.92. The van der Waals surface area contributed by atoms with Gasteiger partial charge in [-0.05, 0) is 26.8 Å². The molecule has 116 valence electrons. The van der Waals surface area contributed by atoms with Gasteiger partial charge in [-0.25, -0.2) is 9.59 Å². The van der Waals surface area contributed by atoms with E-state index in [-0.39, 0.29) is 24.0 Å². The van der Waals surface area contributed by atoms with Gasteiger partial charge in [0, 0.05) is 24.8 Å². The molecule has 6 heteroatoms. The summed E-state index contributed by atoms with van der Waals surface area (Å²) in [6.45, 7) is 5.67. The van der Waals surface area contributed by atoms with Crippen molar-refractivity contribution in [3.8, 4) is 0 Å². The Kier molecular flexibility index (Phi) is 4.07. The maximum atomic E-state index is 12.3. The molecule has 0 saturated carbocycles. The van der Waals surface area contributed by atoms with E-state index in [2.05, 4.69) is 0 Å². The zero-order chi connectivity index (χ0) is 15.8. The number of amides is 1. The standard InChI is InChI=1S/C15H21NO5/c1-15(2,3)21-14(19)16-8-9-5-6-10(17)7-11(9)12(16)13(18)20-4/h5-6,9,11-12H,7-8H2,1-4H3/t9-,11-,12-/m0/s1. The lowest BCUT2D eigenvalue weighted by molar-refractivity contribution is -0.147. The van der Waals surface area contributed by atoms with Crippen LogP contribution in [0.15, 0.2) is 12.2 Å². The highest BCUT2D eigenvalue weighted by Crippen LogP contribution is 2.37. The molecule has 0 aromatic carbocycles. The molecule has 0 bridgehead atoms. The lowest BCUT2D eigenvalue weighted by Crippen LogP contribution is -2.46. The minimum atomic E-state index is -0.760. The van der Waals surface area contributed by atoms with Gasteiger partial charge in [-0.2, -0.15) is 0 Å². The maximum Gasteiger partial charge on any atom is 0.411 e. The van der Waals surface area contributed by atoms with Gasteiger partial charge >= 0.3 is 12.1 Å². The average Bonchev–Trinajstić information content (AvgIpc) is 2.74. The van der Waals surface area contributed by atoms with Crippen LogP contribution in [-0.2, 0) is 19.1 Å². The number of ether oxygens (including phenoxy) is 2. The smallest absolute Gasteiger partial charge is 0.411 e. The van der Waals surface area contributed by atoms with Gasteiger partial charge in [0.2, 0.25) is 0 Å². The maximum absolute atomic E-state index is 12.3. The van der Waals surface area contributed by atoms with Crippen LogP contribution in [0.1, 0.15) is 27.2 Å². The van der Waals surface area contributed by atoms with Crippen molar-refractivity contribution >= 4 is 17.8 Å². The third-order valence-corrected chi connectivity index (χ3v) is 3.74. The summed E-state index contributed by atoms with van der Waals surface area (Å²) in [6.07, 6.45) is 3.00. The molecule has 1 fully saturated rings. The van der Waals surface area contributed by atoms with Crippen LogP contribution < -0.4 is 0 Å². The van der Waals surface area contributed by atoms with Crippen molar-refractivity contribution in [3.63, 3.8) is 0 Å². The van der Waals surface area contributed by atoms with Crippen LogP contribution in [0.4, 0.5) is 4.79 Å². The second kappa shape index (κ2) is 5.50. The Morgan fingerprint density at radius 1 is 1.33 bits per heavy atom. The Labute approximate surface area is 124 Å². The second-order valence-corrected chi connectivity index (χ2v) is 6.46. The molecule has 3 atom stereocenters. The summed E-state index contributed by atoms with van der Waals surface area (Å²) in [6, 6.07) is -0.760. The SMILES string of the molecule is COC(=O)[C@@H]1[C@H]2CC(=O)C=C[C@H]2CN1C(=O)OC(C)(C)C. The van der Waals surface area contributed by atoms with Crippen molar-refractivity contribution < 1.29 is 23.9 Å². The Bertz CT molecular complexity index is 491. The van der Waals surface area contributed by atoms with Gasteiger partial charge in [-0.15, -0.1) is 0 Å². The minimum Gasteiger partial charge on any atom is -0.467 e. The van der Waals surface area contributed by atoms with Crippen molar-refractivity contribution in [2.45, 2.75) is 38.8 Å². The van der Waals surface area contributed by atoms with Crippen molar-refractivity contribution in [2.75, 3.05) is 13.7 Å². The van der Waals surface area contributed by atoms with Gasteiger partial charge in [0.05, 0.1) is 7.11 Å². The number of hydrogen-bond acceptors (Lipinski definition) is 5. The van der Waals surface area contributed by atoms with E-state index in [1.807, 2.05) is 0 Å². The predicted molar refractivity (Wildman–Crippen MR) is 74.5 cm³/mol. The number of methoxy groups -OCH3 is 1. The molecular weight excluding hydrogens is 274 g/mol. The fourth-order valence-corrected chi connectivity index (χ4v) is 2.87. The van der Waals surface area contributed by atoms with E-state index in [0.29, 0.717) is 6.54 Å². The summed E-state index contributed by atoms with van der Waals surface area (Å²) in [5.74, 6) is -0.783. The second-order valence-electron chi connectivity index (χ2n) is 6.46. The van der Waals surface area contributed by atoms with E-state index in [0.717, 1.165) is 0 Å². The molecular formula is C15H21NO5. The molecule has 0 spiro atoms. The average molecular weight is 295 g/mol. The summed E-state index contributed by atoms with van der Waals surface area (Å²) in [5, 5.41) is 0. The van der Waals surface area contributed by atoms with Crippen LogP contribution in [0, 0.1) is 11.8 Å². The molecule has 1 saturated heterocycles. The van der Waals surface area contributed by atoms with Crippen molar-refractivity contribution in [3.05, 3.63) is 12.2 Å². The molecule has 1 aliphatic heterocycles. The molecule has 1 amide bonds. The summed E-state index contributed by atoms with van der Waals surface area (Å²) in [5.41, 5.74) is -0.642. The first-order valence-corrected chi connectivity index (χ1v) is 7.01. The van der Waals surface area contributed by atoms with Crippen LogP contribution in [-0.4, -0.2) is 48.0 Å². The number of ketones is 1. The summed E-state index contributed by atoms with van der Waals surface area (Å²) in [4.78, 5) is 37.3. The first-order valence-electron chi connectivity index (χ1n) is 7.01. The molecule has 0 aromatic heterocycles. The van der Waals surface area contributed by atoms with E-state index in [1.165, 1.54) is 18.1 Å². The number of carbonyl (C=O) groups is 3. The molecule has 0 radical (unpaired) electrons. The molecule has 0 aromatic rings. The fourth-order valence-electron chi connectivity index (χ4n) is 2.87. The van der Waals surface area contributed by atoms with Crippen molar-refractivity contribution in [1.82, 2.24) is 4.90 Å². The zero-order valence-electron chi connectivity index (χ0n) is 12.8. The lowest BCUT2D eigenvalue weighted by Gasteiger charge is -2.29. The van der Waals surface area contributed by atoms with E-state index in [9.17, 15) is 14.4 Å². The topological polar surface area (TPSA) is 72.9 Å². The van der Waals surface area contributed by atoms with Crippen LogP contribution in [0.25, 0.3) is 0 Å². The molecule has 1 aliphatic carbocycles. The highest BCUT2D eigenvalue weighted by Gasteiger charge is 2.50. The quantitative estimate of drug-likeness (QED) is 0.686. The number of rotatable bonds is 1. The van der Waals surface area contributed by atoms with E-state index < -0.39 is 23.7 Å². The summed E-state index contributed by atoms with van der Waals surface area (Å²) in [7, 11) is 1.28. The summed E-state index contributed by atoms with van der Waals surface area (Å²) < 4.78 is 10.2. The number of nitrogens with zero attached hydrogens (tertiary/aromatic N) is 1. The van der Waals surface area contributed by atoms with Gasteiger partial charge in [-0.3, -0.25) is 9.69 Å². The Hall–Kier alpha value is -1.85. The Morgan fingerprint density at radius 2 is 2.00 bits per heavy atom. The lowest BCUT2D eigenvalue weighted by atomic mass is 9.82. The van der Waals surface area contributed by atoms with E-state index in [4.69, 9.17) is 9.47 Å². The minimum absolute atomic E-state index is 0.0145. The number of likely N-dealkylation sites (tertiary alicyclic amines) is 1. The molecule has 2 rings (SSSR count). The number of hydrogen-bond donors (Lipinski definition) is 0. The fraction of sp³-hybridized carbons (Fsp3) is 0.667. The molecule has 21 heavy (non-hydrogen) atoms. The molecule has 0 unspecified atom stereocenters. The first kappa shape index (κ1) is 15.5. The van der Waals surface area contributed by atoms with Crippen molar-refractivity contribution in [2.24, 2.45) is 11.8 Å². The van der Waals surface area contributed by atoms with Gasteiger partial charge in [0.25, 0.3) is 0 Å². The molecule has 0 N–H and O–H groups in total. The van der Waals surface area contributed by atoms with Crippen LogP contribution in [0.3, 0.4) is 0 Å². The van der Waals surface area contributed by atoms with Gasteiger partial charge < -0.3 is 9.47 Å². The third-order valence-electron chi connectivity index (χ3n) is 3.74. The zero-order valence-corrected chi connectivity index (χ0v) is 12.8. The largest absolute Gasteiger partial charge is 0.467 e. The number of allylic oxidation sites excluding steroid dienone is 1. The van der Waals surface area contributed by atoms with Crippen LogP contribution >= 0.6 is 0 Å². The highest BCUT2D eigenvalue weighted by atomic mass is 16.6. The Balaban J connectivity index is 2.24. The van der Waals surface area contributed by atoms with Crippen LogP contribution in [0.2, 0.25) is 0 Å². The monoisotopic (exact) mass is 295 g/mol. The Morgan fingerprint density at radius 3 is 2.57 bits per heavy atom. The number of carbonyl (C=O) groups excluding carboxylic acids is 3. The van der Waals surface area contributed by atoms with Crippen molar-refractivity contribution in [1.29, 1.82) is 0 Å². The first-order chi connectivity index (χ1) is 9.73. The molecule has 2 aliphatic rings. The van der Waals surface area contributed by atoms with E-state index in [1.54, 1.807) is 26.8 Å². The predicted octanol–water partition coefficient (Wildman–Crippen LogP) is 1.54. The molecule has 1 heterocycles. The van der Waals surface area contributed by atoms with Crippen LogP contribution in [0.5, 0.6) is 0 Å². The normalized spacial score (nSPS) is 28.3.